The van der Waals surface area contributed by atoms with Crippen LogP contribution in [0.15, 0.2) is 12.1 Å². The molecule has 3 rings (SSSR count). The fourth-order valence-corrected chi connectivity index (χ4v) is 4.82. The maximum Gasteiger partial charge on any atom is 0.219 e. The number of likely N-dealkylation sites (tertiary alicyclic amines) is 2. The molecule has 2 atom stereocenters. The van der Waals surface area contributed by atoms with Crippen LogP contribution in [0.4, 0.5) is 0 Å². The first kappa shape index (κ1) is 14.4. The number of carbonyl (C=O) groups excluding carboxylic acids is 1. The molecule has 0 aliphatic carbocycles. The Balaban J connectivity index is 1.70. The van der Waals surface area contributed by atoms with Crippen LogP contribution in [0.1, 0.15) is 37.5 Å². The molecule has 0 aromatic carbocycles. The Morgan fingerprint density at radius 2 is 2.05 bits per heavy atom. The second kappa shape index (κ2) is 6.04. The lowest BCUT2D eigenvalue weighted by atomic mass is 10.0. The molecule has 2 aliphatic rings. The number of carbonyl (C=O) groups is 1. The summed E-state index contributed by atoms with van der Waals surface area (Å²) in [6, 6.07) is 5.05. The molecule has 2 saturated heterocycles. The molecule has 1 aromatic heterocycles. The molecule has 1 aromatic rings. The molecule has 0 unspecified atom stereocenters. The highest BCUT2D eigenvalue weighted by Gasteiger charge is 2.38. The van der Waals surface area contributed by atoms with E-state index >= 15 is 0 Å². The molecule has 0 bridgehead atoms. The van der Waals surface area contributed by atoms with Gasteiger partial charge in [-0.25, -0.2) is 0 Å². The molecule has 0 spiro atoms. The summed E-state index contributed by atoms with van der Waals surface area (Å²) in [6.07, 6.45) is 4.77. The normalized spacial score (nSPS) is 27.4. The number of rotatable bonds is 3. The lowest BCUT2D eigenvalue weighted by Crippen LogP contribution is -2.47. The van der Waals surface area contributed by atoms with Crippen LogP contribution in [-0.2, 0) is 11.3 Å². The van der Waals surface area contributed by atoms with Crippen LogP contribution in [0.5, 0.6) is 0 Å². The van der Waals surface area contributed by atoms with E-state index in [1.807, 2.05) is 6.07 Å². The van der Waals surface area contributed by atoms with Crippen molar-refractivity contribution in [1.29, 1.82) is 0 Å². The fourth-order valence-electron chi connectivity index (χ4n) is 3.70. The van der Waals surface area contributed by atoms with Crippen molar-refractivity contribution in [3.8, 4) is 0 Å². The van der Waals surface area contributed by atoms with Crippen molar-refractivity contribution in [3.05, 3.63) is 21.3 Å². The molecule has 3 heterocycles. The van der Waals surface area contributed by atoms with E-state index in [0.29, 0.717) is 12.1 Å². The van der Waals surface area contributed by atoms with Gasteiger partial charge in [0, 0.05) is 37.0 Å². The van der Waals surface area contributed by atoms with E-state index in [2.05, 4.69) is 15.9 Å². The van der Waals surface area contributed by atoms with Gasteiger partial charge in [0.25, 0.3) is 0 Å². The van der Waals surface area contributed by atoms with Gasteiger partial charge in [0.05, 0.1) is 4.34 Å². The third-order valence-electron chi connectivity index (χ3n) is 4.55. The van der Waals surface area contributed by atoms with Gasteiger partial charge in [-0.1, -0.05) is 11.6 Å². The molecule has 1 amide bonds. The van der Waals surface area contributed by atoms with Gasteiger partial charge in [-0.3, -0.25) is 9.69 Å². The number of nitrogens with zero attached hydrogens (tertiary/aromatic N) is 2. The number of halogens is 1. The molecular weight excluding hydrogens is 292 g/mol. The van der Waals surface area contributed by atoms with Crippen molar-refractivity contribution in [1.82, 2.24) is 9.80 Å². The van der Waals surface area contributed by atoms with Gasteiger partial charge < -0.3 is 4.90 Å². The van der Waals surface area contributed by atoms with Crippen molar-refractivity contribution < 1.29 is 4.79 Å². The van der Waals surface area contributed by atoms with E-state index in [0.717, 1.165) is 36.8 Å². The summed E-state index contributed by atoms with van der Waals surface area (Å²) in [7, 11) is 0. The summed E-state index contributed by atoms with van der Waals surface area (Å²) in [5.41, 5.74) is 0. The number of thiophene rings is 1. The summed E-state index contributed by atoms with van der Waals surface area (Å²) in [6.45, 7) is 4.76. The maximum absolute atomic E-state index is 11.8. The van der Waals surface area contributed by atoms with E-state index in [-0.39, 0.29) is 5.91 Å². The highest BCUT2D eigenvalue weighted by Crippen LogP contribution is 2.32. The quantitative estimate of drug-likeness (QED) is 0.854. The second-order valence-electron chi connectivity index (χ2n) is 5.81. The Morgan fingerprint density at radius 3 is 2.75 bits per heavy atom. The second-order valence-corrected chi connectivity index (χ2v) is 7.61. The van der Waals surface area contributed by atoms with Crippen LogP contribution in [0.25, 0.3) is 0 Å². The van der Waals surface area contributed by atoms with E-state index in [9.17, 15) is 4.79 Å². The molecular formula is C15H21ClN2OS. The van der Waals surface area contributed by atoms with E-state index in [4.69, 9.17) is 11.6 Å². The fraction of sp³-hybridized carbons (Fsp3) is 0.667. The predicted molar refractivity (Wildman–Crippen MR) is 83.2 cm³/mol. The first-order chi connectivity index (χ1) is 9.65. The average Bonchev–Trinajstić information content (AvgIpc) is 3.09. The minimum atomic E-state index is 0.235. The molecule has 0 radical (unpaired) electrons. The van der Waals surface area contributed by atoms with Gasteiger partial charge in [0.1, 0.15) is 0 Å². The van der Waals surface area contributed by atoms with E-state index < -0.39 is 0 Å². The van der Waals surface area contributed by atoms with Crippen LogP contribution < -0.4 is 0 Å². The maximum atomic E-state index is 11.8. The lowest BCUT2D eigenvalue weighted by molar-refractivity contribution is -0.130. The summed E-state index contributed by atoms with van der Waals surface area (Å²) in [4.78, 5) is 17.7. The van der Waals surface area contributed by atoms with Gasteiger partial charge in [-0.15, -0.1) is 11.3 Å². The van der Waals surface area contributed by atoms with Crippen LogP contribution in [-0.4, -0.2) is 40.9 Å². The predicted octanol–water partition coefficient (Wildman–Crippen LogP) is 3.38. The zero-order valence-corrected chi connectivity index (χ0v) is 13.4. The molecule has 2 aliphatic heterocycles. The summed E-state index contributed by atoms with van der Waals surface area (Å²) in [5, 5.41) is 0. The third-order valence-corrected chi connectivity index (χ3v) is 5.77. The monoisotopic (exact) mass is 312 g/mol. The smallest absolute Gasteiger partial charge is 0.219 e. The Hall–Kier alpha value is -0.580. The first-order valence-corrected chi connectivity index (χ1v) is 8.60. The Labute approximate surface area is 129 Å². The Kier molecular flexibility index (Phi) is 4.34. The van der Waals surface area contributed by atoms with Gasteiger partial charge in [0.2, 0.25) is 5.91 Å². The molecule has 0 saturated carbocycles. The topological polar surface area (TPSA) is 23.6 Å². The van der Waals surface area contributed by atoms with Crippen LogP contribution in [0.2, 0.25) is 4.34 Å². The Bertz CT molecular complexity index is 490. The van der Waals surface area contributed by atoms with Gasteiger partial charge >= 0.3 is 0 Å². The third kappa shape index (κ3) is 2.87. The molecule has 3 nitrogen and oxygen atoms in total. The van der Waals surface area contributed by atoms with Crippen molar-refractivity contribution in [2.75, 3.05) is 13.1 Å². The van der Waals surface area contributed by atoms with Crippen LogP contribution in [0, 0.1) is 0 Å². The van der Waals surface area contributed by atoms with Crippen LogP contribution >= 0.6 is 22.9 Å². The van der Waals surface area contributed by atoms with Gasteiger partial charge in [0.15, 0.2) is 0 Å². The van der Waals surface area contributed by atoms with Crippen LogP contribution in [0.3, 0.4) is 0 Å². The largest absolute Gasteiger partial charge is 0.338 e. The van der Waals surface area contributed by atoms with Gasteiger partial charge in [-0.2, -0.15) is 0 Å². The standard InChI is InChI=1S/C15H21ClN2OS/c1-11(19)18-9-3-5-14(18)13-4-2-8-17(13)10-12-6-7-15(16)20-12/h6-7,13-14H,2-5,8-10H2,1H3/t13-,14-/m1/s1. The first-order valence-electron chi connectivity index (χ1n) is 7.40. The molecule has 2 fully saturated rings. The van der Waals surface area contributed by atoms with Crippen molar-refractivity contribution in [3.63, 3.8) is 0 Å². The minimum Gasteiger partial charge on any atom is -0.338 e. The number of amides is 1. The lowest BCUT2D eigenvalue weighted by Gasteiger charge is -2.34. The SMILES string of the molecule is CC(=O)N1CCC[C@@H]1[C@H]1CCCN1Cc1ccc(Cl)s1. The molecule has 0 N–H and O–H groups in total. The number of hydrogen-bond donors (Lipinski definition) is 0. The van der Waals surface area contributed by atoms with Crippen molar-refractivity contribution >= 4 is 28.8 Å². The average molecular weight is 313 g/mol. The summed E-state index contributed by atoms with van der Waals surface area (Å²) in [5.74, 6) is 0.235. The Morgan fingerprint density at radius 1 is 1.30 bits per heavy atom. The van der Waals surface area contributed by atoms with Gasteiger partial charge in [-0.05, 0) is 44.4 Å². The molecule has 20 heavy (non-hydrogen) atoms. The highest BCUT2D eigenvalue weighted by atomic mass is 35.5. The molecule has 5 heteroatoms. The summed E-state index contributed by atoms with van der Waals surface area (Å²) >= 11 is 7.69. The zero-order valence-electron chi connectivity index (χ0n) is 11.8. The van der Waals surface area contributed by atoms with E-state index in [1.54, 1.807) is 18.3 Å². The van der Waals surface area contributed by atoms with Crippen molar-refractivity contribution in [2.24, 2.45) is 0 Å². The van der Waals surface area contributed by atoms with Crippen molar-refractivity contribution in [2.45, 2.75) is 51.2 Å². The molecule has 110 valence electrons. The minimum absolute atomic E-state index is 0.235. The van der Waals surface area contributed by atoms with E-state index in [1.165, 1.54) is 17.7 Å². The highest BCUT2D eigenvalue weighted by molar-refractivity contribution is 7.16. The number of hydrogen-bond acceptors (Lipinski definition) is 3. The zero-order chi connectivity index (χ0) is 14.1. The summed E-state index contributed by atoms with van der Waals surface area (Å²) < 4.78 is 0.863.